The third-order valence-electron chi connectivity index (χ3n) is 5.19. The highest BCUT2D eigenvalue weighted by Crippen LogP contribution is 2.41. The van der Waals surface area contributed by atoms with E-state index in [-0.39, 0.29) is 12.5 Å². The summed E-state index contributed by atoms with van der Waals surface area (Å²) in [5, 5.41) is 16.7. The standard InChI is InChI=1S/C26H27N5O4/c1-2-3-4-5-6-7-17-33-20-14-11-19(12-15-20)13-16-24(32)27-21-9-8-10-22-25(21)35-23(18-34-22)26-28-30-31-29-26/h8-16,23H,2-5,17-18H2,1H3,(H,27,32)(H,28,29,30,31). The van der Waals surface area contributed by atoms with Crippen molar-refractivity contribution in [3.05, 3.63) is 59.9 Å². The first-order valence-electron chi connectivity index (χ1n) is 11.6. The average molecular weight is 474 g/mol. The highest BCUT2D eigenvalue weighted by molar-refractivity contribution is 6.03. The summed E-state index contributed by atoms with van der Waals surface area (Å²) in [6.45, 7) is 2.79. The van der Waals surface area contributed by atoms with Crippen molar-refractivity contribution in [2.75, 3.05) is 18.5 Å². The minimum absolute atomic E-state index is 0.245. The zero-order valence-electron chi connectivity index (χ0n) is 19.5. The lowest BCUT2D eigenvalue weighted by molar-refractivity contribution is -0.111. The van der Waals surface area contributed by atoms with Crippen LogP contribution in [-0.2, 0) is 4.79 Å². The summed E-state index contributed by atoms with van der Waals surface area (Å²) in [6, 6.07) is 12.8. The van der Waals surface area contributed by atoms with Crippen LogP contribution in [0, 0.1) is 11.8 Å². The Morgan fingerprint density at radius 2 is 2.11 bits per heavy atom. The number of benzene rings is 2. The number of hydrogen-bond donors (Lipinski definition) is 2. The Hall–Kier alpha value is -4.32. The molecule has 180 valence electrons. The van der Waals surface area contributed by atoms with Crippen LogP contribution in [0.25, 0.3) is 6.08 Å². The van der Waals surface area contributed by atoms with Gasteiger partial charge in [0.25, 0.3) is 0 Å². The van der Waals surface area contributed by atoms with Gasteiger partial charge in [0.05, 0.1) is 5.69 Å². The van der Waals surface area contributed by atoms with Gasteiger partial charge in [-0.05, 0) is 42.3 Å². The van der Waals surface area contributed by atoms with E-state index >= 15 is 0 Å². The monoisotopic (exact) mass is 473 g/mol. The van der Waals surface area contributed by atoms with Crippen molar-refractivity contribution in [2.45, 2.75) is 38.7 Å². The molecular formula is C26H27N5O4. The molecule has 1 amide bonds. The number of nitrogens with zero attached hydrogens (tertiary/aromatic N) is 3. The SMILES string of the molecule is CCCCCC#CCOc1ccc(C=CC(=O)Nc2cccc3c2OC(c2nn[nH]n2)CO3)cc1. The summed E-state index contributed by atoms with van der Waals surface area (Å²) in [7, 11) is 0. The lowest BCUT2D eigenvalue weighted by Crippen LogP contribution is -2.24. The molecule has 0 spiro atoms. The van der Waals surface area contributed by atoms with Gasteiger partial charge < -0.3 is 19.5 Å². The third kappa shape index (κ3) is 6.84. The zero-order chi connectivity index (χ0) is 24.3. The number of aromatic amines is 1. The maximum absolute atomic E-state index is 12.5. The van der Waals surface area contributed by atoms with Crippen LogP contribution in [0.15, 0.2) is 48.5 Å². The van der Waals surface area contributed by atoms with Gasteiger partial charge in [-0.25, -0.2) is 0 Å². The number of fused-ring (bicyclic) bond motifs is 1. The number of amides is 1. The third-order valence-corrected chi connectivity index (χ3v) is 5.19. The highest BCUT2D eigenvalue weighted by Gasteiger charge is 2.28. The lowest BCUT2D eigenvalue weighted by atomic mass is 10.2. The first-order chi connectivity index (χ1) is 17.2. The van der Waals surface area contributed by atoms with E-state index in [1.807, 2.05) is 24.3 Å². The van der Waals surface area contributed by atoms with E-state index in [0.29, 0.717) is 29.6 Å². The first kappa shape index (κ1) is 23.8. The fourth-order valence-corrected chi connectivity index (χ4v) is 3.37. The van der Waals surface area contributed by atoms with Crippen LogP contribution in [0.3, 0.4) is 0 Å². The van der Waals surface area contributed by atoms with E-state index in [1.165, 1.54) is 18.9 Å². The Kier molecular flexibility index (Phi) is 8.32. The molecule has 0 saturated heterocycles. The van der Waals surface area contributed by atoms with Crippen molar-refractivity contribution in [1.82, 2.24) is 20.6 Å². The van der Waals surface area contributed by atoms with Crippen molar-refractivity contribution in [2.24, 2.45) is 0 Å². The van der Waals surface area contributed by atoms with E-state index in [1.54, 1.807) is 24.3 Å². The smallest absolute Gasteiger partial charge is 0.248 e. The number of H-pyrrole nitrogens is 1. The van der Waals surface area contributed by atoms with E-state index < -0.39 is 6.10 Å². The van der Waals surface area contributed by atoms with Crippen molar-refractivity contribution in [3.8, 4) is 29.1 Å². The second kappa shape index (κ2) is 12.2. The van der Waals surface area contributed by atoms with E-state index in [2.05, 4.69) is 44.7 Å². The molecule has 2 aromatic carbocycles. The van der Waals surface area contributed by atoms with Crippen LogP contribution in [0.2, 0.25) is 0 Å². The number of carbonyl (C=O) groups excluding carboxylic acids is 1. The molecule has 3 aromatic rings. The molecule has 1 aliphatic heterocycles. The maximum atomic E-state index is 12.5. The molecule has 1 aliphatic rings. The van der Waals surface area contributed by atoms with E-state index in [0.717, 1.165) is 24.2 Å². The molecule has 4 rings (SSSR count). The fourth-order valence-electron chi connectivity index (χ4n) is 3.37. The molecular weight excluding hydrogens is 446 g/mol. The second-order valence-corrected chi connectivity index (χ2v) is 7.81. The largest absolute Gasteiger partial charge is 0.485 e. The van der Waals surface area contributed by atoms with Gasteiger partial charge in [0, 0.05) is 12.5 Å². The normalized spacial score (nSPS) is 14.3. The van der Waals surface area contributed by atoms with Crippen LogP contribution < -0.4 is 19.5 Å². The predicted octanol–water partition coefficient (Wildman–Crippen LogP) is 4.33. The van der Waals surface area contributed by atoms with Gasteiger partial charge >= 0.3 is 0 Å². The molecule has 0 bridgehead atoms. The number of hydrogen-bond acceptors (Lipinski definition) is 7. The number of carbonyl (C=O) groups is 1. The summed E-state index contributed by atoms with van der Waals surface area (Å²) in [5.74, 6) is 7.92. The Labute approximate surface area is 203 Å². The second-order valence-electron chi connectivity index (χ2n) is 7.81. The van der Waals surface area contributed by atoms with Gasteiger partial charge in [-0.1, -0.05) is 55.0 Å². The maximum Gasteiger partial charge on any atom is 0.248 e. The first-order valence-corrected chi connectivity index (χ1v) is 11.6. The van der Waals surface area contributed by atoms with Gasteiger partial charge in [0.15, 0.2) is 17.6 Å². The zero-order valence-corrected chi connectivity index (χ0v) is 19.5. The van der Waals surface area contributed by atoms with Crippen LogP contribution in [0.4, 0.5) is 5.69 Å². The molecule has 1 unspecified atom stereocenters. The van der Waals surface area contributed by atoms with Gasteiger partial charge in [-0.15, -0.1) is 10.2 Å². The number of aromatic nitrogens is 4. The molecule has 0 fully saturated rings. The number of ether oxygens (including phenoxy) is 3. The molecule has 0 radical (unpaired) electrons. The van der Waals surface area contributed by atoms with Crippen molar-refractivity contribution >= 4 is 17.7 Å². The summed E-state index contributed by atoms with van der Waals surface area (Å²) in [6.07, 6.45) is 7.10. The van der Waals surface area contributed by atoms with Crippen LogP contribution >= 0.6 is 0 Å². The lowest BCUT2D eigenvalue weighted by Gasteiger charge is -2.26. The molecule has 2 heterocycles. The minimum Gasteiger partial charge on any atom is -0.485 e. The molecule has 1 aromatic heterocycles. The minimum atomic E-state index is -0.525. The van der Waals surface area contributed by atoms with Crippen molar-refractivity contribution in [3.63, 3.8) is 0 Å². The number of rotatable bonds is 9. The topological polar surface area (TPSA) is 111 Å². The van der Waals surface area contributed by atoms with Crippen molar-refractivity contribution < 1.29 is 19.0 Å². The van der Waals surface area contributed by atoms with Crippen molar-refractivity contribution in [1.29, 1.82) is 0 Å². The van der Waals surface area contributed by atoms with Crippen LogP contribution in [0.1, 0.15) is 50.1 Å². The van der Waals surface area contributed by atoms with E-state index in [9.17, 15) is 4.79 Å². The quantitative estimate of drug-likeness (QED) is 0.270. The molecule has 0 saturated carbocycles. The molecule has 1 atom stereocenters. The average Bonchev–Trinajstić information content (AvgIpc) is 3.43. The summed E-state index contributed by atoms with van der Waals surface area (Å²) in [5.41, 5.74) is 1.36. The molecule has 2 N–H and O–H groups in total. The Morgan fingerprint density at radius 1 is 1.23 bits per heavy atom. The van der Waals surface area contributed by atoms with Gasteiger partial charge in [0.1, 0.15) is 19.0 Å². The van der Waals surface area contributed by atoms with Crippen LogP contribution in [0.5, 0.6) is 17.2 Å². The number of nitrogens with one attached hydrogen (secondary N) is 2. The predicted molar refractivity (Wildman–Crippen MR) is 131 cm³/mol. The molecule has 9 heteroatoms. The molecule has 0 aliphatic carbocycles. The summed E-state index contributed by atoms with van der Waals surface area (Å²) < 4.78 is 17.4. The number of anilines is 1. The number of unbranched alkanes of at least 4 members (excludes halogenated alkanes) is 3. The fraction of sp³-hybridized carbons (Fsp3) is 0.308. The summed E-state index contributed by atoms with van der Waals surface area (Å²) in [4.78, 5) is 12.5. The number of tetrazole rings is 1. The summed E-state index contributed by atoms with van der Waals surface area (Å²) >= 11 is 0. The Balaban J connectivity index is 1.30. The number of para-hydroxylation sites is 1. The van der Waals surface area contributed by atoms with Gasteiger partial charge in [-0.3, -0.25) is 4.79 Å². The highest BCUT2D eigenvalue weighted by atomic mass is 16.6. The Morgan fingerprint density at radius 3 is 2.91 bits per heavy atom. The van der Waals surface area contributed by atoms with Gasteiger partial charge in [-0.2, -0.15) is 5.21 Å². The molecule has 35 heavy (non-hydrogen) atoms. The van der Waals surface area contributed by atoms with Gasteiger partial charge in [0.2, 0.25) is 11.7 Å². The van der Waals surface area contributed by atoms with E-state index in [4.69, 9.17) is 14.2 Å². The molecule has 9 nitrogen and oxygen atoms in total. The van der Waals surface area contributed by atoms with Crippen LogP contribution in [-0.4, -0.2) is 39.7 Å². The Bertz CT molecular complexity index is 1200.